The molecule has 0 aliphatic rings. The van der Waals surface area contributed by atoms with Crippen LogP contribution in [0.25, 0.3) is 10.8 Å². The molecule has 0 saturated heterocycles. The molecule has 0 spiro atoms. The summed E-state index contributed by atoms with van der Waals surface area (Å²) in [6.07, 6.45) is 1.52. The Balaban J connectivity index is 1.44. The molecule has 0 radical (unpaired) electrons. The summed E-state index contributed by atoms with van der Waals surface area (Å²) < 4.78 is 25.1. The lowest BCUT2D eigenvalue weighted by Gasteiger charge is -2.13. The molecule has 0 heterocycles. The summed E-state index contributed by atoms with van der Waals surface area (Å²) in [7, 11) is 1.54. The molecule has 0 aliphatic heterocycles. The van der Waals surface area contributed by atoms with E-state index in [1.807, 2.05) is 36.4 Å². The molecule has 166 valence electrons. The zero-order valence-electron chi connectivity index (χ0n) is 17.7. The molecule has 0 atom stereocenters. The Morgan fingerprint density at radius 2 is 1.79 bits per heavy atom. The number of hydrazone groups is 1. The molecular weight excluding hydrogens is 487 g/mol. The van der Waals surface area contributed by atoms with E-state index < -0.39 is 0 Å². The number of benzene rings is 4. The van der Waals surface area contributed by atoms with Gasteiger partial charge in [-0.2, -0.15) is 5.10 Å². The number of fused-ring (bicyclic) bond motifs is 1. The number of carbonyl (C=O) groups excluding carboxylic acids is 1. The summed E-state index contributed by atoms with van der Waals surface area (Å²) in [5.41, 5.74) is 4.60. The second-order valence-corrected chi connectivity index (χ2v) is 8.06. The first-order chi connectivity index (χ1) is 16.0. The molecule has 4 rings (SSSR count). The number of ether oxygens (including phenoxy) is 2. The molecule has 0 aliphatic carbocycles. The molecule has 4 aromatic carbocycles. The molecule has 0 fully saturated rings. The van der Waals surface area contributed by atoms with E-state index in [0.29, 0.717) is 27.1 Å². The third-order valence-corrected chi connectivity index (χ3v) is 5.53. The van der Waals surface area contributed by atoms with Crippen molar-refractivity contribution in [2.45, 2.75) is 6.61 Å². The zero-order chi connectivity index (χ0) is 23.2. The van der Waals surface area contributed by atoms with Crippen molar-refractivity contribution in [2.75, 3.05) is 7.11 Å². The summed E-state index contributed by atoms with van der Waals surface area (Å²) in [4.78, 5) is 12.5. The quantitative estimate of drug-likeness (QED) is 0.243. The second-order valence-electron chi connectivity index (χ2n) is 7.21. The number of halogens is 2. The predicted molar refractivity (Wildman–Crippen MR) is 130 cm³/mol. The summed E-state index contributed by atoms with van der Waals surface area (Å²) in [6, 6.07) is 23.0. The Hall–Kier alpha value is -3.71. The maximum absolute atomic E-state index is 13.1. The number of carbonyl (C=O) groups is 1. The van der Waals surface area contributed by atoms with Crippen molar-refractivity contribution in [1.29, 1.82) is 0 Å². The molecule has 0 saturated carbocycles. The number of amides is 1. The Morgan fingerprint density at radius 1 is 1.03 bits per heavy atom. The van der Waals surface area contributed by atoms with Crippen molar-refractivity contribution in [2.24, 2.45) is 5.10 Å². The molecule has 1 N–H and O–H groups in total. The topological polar surface area (TPSA) is 59.9 Å². The lowest BCUT2D eigenvalue weighted by molar-refractivity contribution is 0.0955. The van der Waals surface area contributed by atoms with Gasteiger partial charge in [0.1, 0.15) is 12.4 Å². The van der Waals surface area contributed by atoms with Gasteiger partial charge < -0.3 is 9.47 Å². The number of hydrogen-bond acceptors (Lipinski definition) is 4. The molecule has 1 amide bonds. The molecular formula is C26H20BrFN2O3. The van der Waals surface area contributed by atoms with E-state index in [1.165, 1.54) is 25.5 Å². The van der Waals surface area contributed by atoms with Crippen LogP contribution in [-0.2, 0) is 6.61 Å². The van der Waals surface area contributed by atoms with Crippen molar-refractivity contribution in [3.05, 3.63) is 106 Å². The predicted octanol–water partition coefficient (Wildman–Crippen LogP) is 6.09. The first kappa shape index (κ1) is 22.5. The van der Waals surface area contributed by atoms with Crippen molar-refractivity contribution >= 4 is 38.8 Å². The molecule has 33 heavy (non-hydrogen) atoms. The van der Waals surface area contributed by atoms with Gasteiger partial charge in [-0.15, -0.1) is 0 Å². The van der Waals surface area contributed by atoms with Gasteiger partial charge in [0.25, 0.3) is 5.91 Å². The minimum Gasteiger partial charge on any atom is -0.493 e. The Labute approximate surface area is 199 Å². The van der Waals surface area contributed by atoms with E-state index >= 15 is 0 Å². The Kier molecular flexibility index (Phi) is 7.00. The maximum atomic E-state index is 13.1. The van der Waals surface area contributed by atoms with Gasteiger partial charge >= 0.3 is 0 Å². The van der Waals surface area contributed by atoms with E-state index in [9.17, 15) is 9.18 Å². The summed E-state index contributed by atoms with van der Waals surface area (Å²) in [6.45, 7) is 0.254. The van der Waals surface area contributed by atoms with Crippen LogP contribution in [0.3, 0.4) is 0 Å². The van der Waals surface area contributed by atoms with Crippen molar-refractivity contribution in [3.63, 3.8) is 0 Å². The summed E-state index contributed by atoms with van der Waals surface area (Å²) in [5, 5.41) is 6.12. The molecule has 4 aromatic rings. The van der Waals surface area contributed by atoms with Crippen molar-refractivity contribution < 1.29 is 18.7 Å². The molecule has 5 nitrogen and oxygen atoms in total. The van der Waals surface area contributed by atoms with Crippen LogP contribution in [0.1, 0.15) is 21.5 Å². The van der Waals surface area contributed by atoms with E-state index in [4.69, 9.17) is 9.47 Å². The van der Waals surface area contributed by atoms with Gasteiger partial charge in [-0.3, -0.25) is 4.79 Å². The van der Waals surface area contributed by atoms with Crippen LogP contribution < -0.4 is 14.9 Å². The average Bonchev–Trinajstić information content (AvgIpc) is 2.83. The fourth-order valence-corrected chi connectivity index (χ4v) is 3.83. The van der Waals surface area contributed by atoms with Crippen LogP contribution in [0.5, 0.6) is 11.5 Å². The lowest BCUT2D eigenvalue weighted by atomic mass is 10.1. The Bertz CT molecular complexity index is 1320. The van der Waals surface area contributed by atoms with E-state index in [2.05, 4.69) is 26.5 Å². The fourth-order valence-electron chi connectivity index (χ4n) is 3.25. The van der Waals surface area contributed by atoms with E-state index in [0.717, 1.165) is 16.3 Å². The molecule has 0 unspecified atom stereocenters. The normalized spacial score (nSPS) is 11.0. The number of rotatable bonds is 7. The fraction of sp³-hybridized carbons (Fsp3) is 0.0769. The van der Waals surface area contributed by atoms with Gasteiger partial charge in [-0.1, -0.05) is 42.5 Å². The van der Waals surface area contributed by atoms with Crippen molar-refractivity contribution in [1.82, 2.24) is 5.43 Å². The van der Waals surface area contributed by atoms with Gasteiger partial charge in [0.2, 0.25) is 0 Å². The van der Waals surface area contributed by atoms with Crippen LogP contribution in [0, 0.1) is 5.82 Å². The number of nitrogens with zero attached hydrogens (tertiary/aromatic N) is 1. The third kappa shape index (κ3) is 5.56. The van der Waals surface area contributed by atoms with Gasteiger partial charge in [0, 0.05) is 5.56 Å². The highest BCUT2D eigenvalue weighted by Gasteiger charge is 2.12. The first-order valence-electron chi connectivity index (χ1n) is 10.1. The molecule has 7 heteroatoms. The van der Waals surface area contributed by atoms with Gasteiger partial charge in [0.15, 0.2) is 11.5 Å². The van der Waals surface area contributed by atoms with Gasteiger partial charge in [0.05, 0.1) is 17.8 Å². The highest BCUT2D eigenvalue weighted by Crippen LogP contribution is 2.36. The molecule has 0 bridgehead atoms. The van der Waals surface area contributed by atoms with E-state index in [1.54, 1.807) is 30.3 Å². The SMILES string of the molecule is COc1cc(/C=N\NC(=O)c2ccc3ccccc3c2)cc(Br)c1OCc1ccc(F)cc1. The van der Waals surface area contributed by atoms with Crippen LogP contribution in [0.2, 0.25) is 0 Å². The van der Waals surface area contributed by atoms with Crippen molar-refractivity contribution in [3.8, 4) is 11.5 Å². The minimum atomic E-state index is -0.303. The highest BCUT2D eigenvalue weighted by molar-refractivity contribution is 9.10. The largest absolute Gasteiger partial charge is 0.493 e. The Morgan fingerprint density at radius 3 is 2.55 bits per heavy atom. The number of hydrogen-bond donors (Lipinski definition) is 1. The van der Waals surface area contributed by atoms with Crippen LogP contribution >= 0.6 is 15.9 Å². The van der Waals surface area contributed by atoms with Crippen LogP contribution in [0.4, 0.5) is 4.39 Å². The van der Waals surface area contributed by atoms with Gasteiger partial charge in [-0.25, -0.2) is 9.82 Å². The van der Waals surface area contributed by atoms with Crippen LogP contribution in [0.15, 0.2) is 88.4 Å². The lowest BCUT2D eigenvalue weighted by Crippen LogP contribution is -2.17. The van der Waals surface area contributed by atoms with Gasteiger partial charge in [-0.05, 0) is 74.2 Å². The standard InChI is InChI=1S/C26H20BrFN2O3/c1-32-24-13-18(12-23(27)25(24)33-16-17-6-10-22(28)11-7-17)15-29-30-26(31)21-9-8-19-4-2-3-5-20(19)14-21/h2-15H,16H2,1H3,(H,30,31)/b29-15-. The highest BCUT2D eigenvalue weighted by atomic mass is 79.9. The third-order valence-electron chi connectivity index (χ3n) is 4.94. The smallest absolute Gasteiger partial charge is 0.271 e. The minimum absolute atomic E-state index is 0.254. The number of nitrogens with one attached hydrogen (secondary N) is 1. The zero-order valence-corrected chi connectivity index (χ0v) is 19.3. The first-order valence-corrected chi connectivity index (χ1v) is 10.9. The van der Waals surface area contributed by atoms with E-state index in [-0.39, 0.29) is 18.3 Å². The average molecular weight is 507 g/mol. The summed E-state index contributed by atoms with van der Waals surface area (Å²) in [5.74, 6) is 0.407. The monoisotopic (exact) mass is 506 g/mol. The molecule has 0 aromatic heterocycles. The van der Waals surface area contributed by atoms with Crippen LogP contribution in [-0.4, -0.2) is 19.2 Å². The number of methoxy groups -OCH3 is 1. The summed E-state index contributed by atoms with van der Waals surface area (Å²) >= 11 is 3.49. The maximum Gasteiger partial charge on any atom is 0.271 e. The second kappa shape index (κ2) is 10.3.